The zero-order chi connectivity index (χ0) is 21.5. The normalized spacial score (nSPS) is 12.9. The maximum Gasteiger partial charge on any atom is 0.242 e. The van der Waals surface area contributed by atoms with Crippen LogP contribution in [0.5, 0.6) is 17.2 Å². The number of rotatable bonds is 9. The molecule has 0 saturated carbocycles. The van der Waals surface area contributed by atoms with Crippen molar-refractivity contribution in [2.75, 3.05) is 20.4 Å². The average molecular weight is 412 g/mol. The first-order valence-electron chi connectivity index (χ1n) is 10.1. The van der Waals surface area contributed by atoms with E-state index in [1.54, 1.807) is 18.9 Å². The first-order valence-corrected chi connectivity index (χ1v) is 10.1. The number of nitrogens with zero attached hydrogens (tertiary/aromatic N) is 1. The number of nitrogens with one attached hydrogen (secondary N) is 1. The minimum absolute atomic E-state index is 0.0813. The second-order valence-corrected chi connectivity index (χ2v) is 7.13. The zero-order valence-corrected chi connectivity index (χ0v) is 17.6. The van der Waals surface area contributed by atoms with Crippen molar-refractivity contribution in [3.63, 3.8) is 0 Å². The third kappa shape index (κ3) is 5.23. The minimum atomic E-state index is -0.573. The van der Waals surface area contributed by atoms with Gasteiger partial charge in [0.2, 0.25) is 18.6 Å². The Morgan fingerprint density at radius 1 is 1.10 bits per heavy atom. The summed E-state index contributed by atoms with van der Waals surface area (Å²) in [6.07, 6.45) is 0.843. The highest BCUT2D eigenvalue weighted by atomic mass is 16.7. The largest absolute Gasteiger partial charge is 0.497 e. The first-order chi connectivity index (χ1) is 14.5. The van der Waals surface area contributed by atoms with Crippen LogP contribution in [-0.2, 0) is 22.6 Å². The Morgan fingerprint density at radius 3 is 2.50 bits per heavy atom. The Bertz CT molecular complexity index is 882. The van der Waals surface area contributed by atoms with E-state index < -0.39 is 6.04 Å². The lowest BCUT2D eigenvalue weighted by Gasteiger charge is -2.29. The molecule has 7 heteroatoms. The fourth-order valence-corrected chi connectivity index (χ4v) is 3.32. The van der Waals surface area contributed by atoms with Gasteiger partial charge in [0, 0.05) is 19.5 Å². The van der Waals surface area contributed by atoms with Gasteiger partial charge < -0.3 is 24.4 Å². The van der Waals surface area contributed by atoms with E-state index in [4.69, 9.17) is 14.2 Å². The molecule has 2 aromatic rings. The molecule has 1 heterocycles. The van der Waals surface area contributed by atoms with E-state index in [1.807, 2.05) is 49.4 Å². The monoisotopic (exact) mass is 412 g/mol. The number of likely N-dealkylation sites (N-methyl/N-ethyl adjacent to an activating group) is 1. The van der Waals surface area contributed by atoms with Crippen LogP contribution in [0, 0.1) is 0 Å². The van der Waals surface area contributed by atoms with Crippen molar-refractivity contribution in [1.82, 2.24) is 10.2 Å². The third-order valence-electron chi connectivity index (χ3n) is 5.09. The Kier molecular flexibility index (Phi) is 7.17. The second kappa shape index (κ2) is 10.0. The standard InChI is InChI=1S/C23H28N2O5/c1-4-24-23(27)16(2)25(14-18-5-9-19(28-3)10-6-18)22(26)12-8-17-7-11-20-21(13-17)30-15-29-20/h5-7,9-11,13,16H,4,8,12,14-15H2,1-3H3,(H,24,27). The Balaban J connectivity index is 1.70. The summed E-state index contributed by atoms with van der Waals surface area (Å²) < 4.78 is 15.9. The van der Waals surface area contributed by atoms with Crippen molar-refractivity contribution in [1.29, 1.82) is 0 Å². The van der Waals surface area contributed by atoms with Gasteiger partial charge in [-0.05, 0) is 55.7 Å². The highest BCUT2D eigenvalue weighted by molar-refractivity contribution is 5.87. The smallest absolute Gasteiger partial charge is 0.242 e. The molecular weight excluding hydrogens is 384 g/mol. The molecule has 7 nitrogen and oxygen atoms in total. The van der Waals surface area contributed by atoms with E-state index in [0.29, 0.717) is 31.7 Å². The summed E-state index contributed by atoms with van der Waals surface area (Å²) >= 11 is 0. The molecule has 0 radical (unpaired) electrons. The van der Waals surface area contributed by atoms with Gasteiger partial charge in [-0.2, -0.15) is 0 Å². The molecule has 3 rings (SSSR count). The summed E-state index contributed by atoms with van der Waals surface area (Å²) in [5.41, 5.74) is 1.92. The minimum Gasteiger partial charge on any atom is -0.497 e. The highest BCUT2D eigenvalue weighted by Gasteiger charge is 2.25. The highest BCUT2D eigenvalue weighted by Crippen LogP contribution is 2.32. The summed E-state index contributed by atoms with van der Waals surface area (Å²) in [4.78, 5) is 27.1. The number of hydrogen-bond acceptors (Lipinski definition) is 5. The molecule has 1 unspecified atom stereocenters. The van der Waals surface area contributed by atoms with Crippen LogP contribution in [0.1, 0.15) is 31.4 Å². The number of hydrogen-bond donors (Lipinski definition) is 1. The molecule has 2 amide bonds. The predicted molar refractivity (Wildman–Crippen MR) is 113 cm³/mol. The molecule has 2 aromatic carbocycles. The van der Waals surface area contributed by atoms with Gasteiger partial charge in [0.15, 0.2) is 11.5 Å². The van der Waals surface area contributed by atoms with Crippen LogP contribution in [0.25, 0.3) is 0 Å². The van der Waals surface area contributed by atoms with Gasteiger partial charge in [-0.1, -0.05) is 18.2 Å². The lowest BCUT2D eigenvalue weighted by molar-refractivity contribution is -0.140. The van der Waals surface area contributed by atoms with Crippen molar-refractivity contribution in [3.05, 3.63) is 53.6 Å². The van der Waals surface area contributed by atoms with Crippen molar-refractivity contribution >= 4 is 11.8 Å². The Labute approximate surface area is 176 Å². The molecule has 30 heavy (non-hydrogen) atoms. The fraction of sp³-hybridized carbons (Fsp3) is 0.391. The van der Waals surface area contributed by atoms with Crippen LogP contribution in [0.15, 0.2) is 42.5 Å². The first kappa shape index (κ1) is 21.5. The number of amides is 2. The van der Waals surface area contributed by atoms with E-state index >= 15 is 0 Å². The number of aryl methyl sites for hydroxylation is 1. The third-order valence-corrected chi connectivity index (χ3v) is 5.09. The lowest BCUT2D eigenvalue weighted by Crippen LogP contribution is -2.47. The summed E-state index contributed by atoms with van der Waals surface area (Å²) in [6.45, 7) is 4.71. The summed E-state index contributed by atoms with van der Waals surface area (Å²) in [6, 6.07) is 12.6. The zero-order valence-electron chi connectivity index (χ0n) is 17.6. The van der Waals surface area contributed by atoms with Gasteiger partial charge >= 0.3 is 0 Å². The summed E-state index contributed by atoms with van der Waals surface area (Å²) in [5, 5.41) is 2.80. The van der Waals surface area contributed by atoms with Gasteiger partial charge in [0.25, 0.3) is 0 Å². The van der Waals surface area contributed by atoms with E-state index in [1.165, 1.54) is 0 Å². The molecule has 1 atom stereocenters. The van der Waals surface area contributed by atoms with Gasteiger partial charge in [-0.3, -0.25) is 9.59 Å². The average Bonchev–Trinajstić information content (AvgIpc) is 3.24. The maximum absolute atomic E-state index is 13.1. The molecule has 0 saturated heterocycles. The molecule has 0 spiro atoms. The van der Waals surface area contributed by atoms with Gasteiger partial charge in [0.05, 0.1) is 7.11 Å². The van der Waals surface area contributed by atoms with Gasteiger partial charge in [-0.25, -0.2) is 0 Å². The Hall–Kier alpha value is -3.22. The molecule has 0 bridgehead atoms. The molecule has 0 aliphatic carbocycles. The molecule has 160 valence electrons. The number of carbonyl (C=O) groups excluding carboxylic acids is 2. The molecular formula is C23H28N2O5. The Morgan fingerprint density at radius 2 is 1.80 bits per heavy atom. The molecule has 1 N–H and O–H groups in total. The van der Waals surface area contributed by atoms with E-state index in [9.17, 15) is 9.59 Å². The number of ether oxygens (including phenoxy) is 3. The van der Waals surface area contributed by atoms with Crippen LogP contribution in [0.4, 0.5) is 0 Å². The number of methoxy groups -OCH3 is 1. The van der Waals surface area contributed by atoms with Crippen molar-refractivity contribution in [2.24, 2.45) is 0 Å². The van der Waals surface area contributed by atoms with Gasteiger partial charge in [0.1, 0.15) is 11.8 Å². The number of benzene rings is 2. The van der Waals surface area contributed by atoms with Crippen LogP contribution >= 0.6 is 0 Å². The SMILES string of the molecule is CCNC(=O)C(C)N(Cc1ccc(OC)cc1)C(=O)CCc1ccc2c(c1)OCO2. The van der Waals surface area contributed by atoms with Crippen LogP contribution in [-0.4, -0.2) is 43.2 Å². The van der Waals surface area contributed by atoms with Crippen LogP contribution in [0.3, 0.4) is 0 Å². The van der Waals surface area contributed by atoms with Crippen LogP contribution < -0.4 is 19.5 Å². The fourth-order valence-electron chi connectivity index (χ4n) is 3.32. The van der Waals surface area contributed by atoms with Gasteiger partial charge in [-0.15, -0.1) is 0 Å². The van der Waals surface area contributed by atoms with Crippen LogP contribution in [0.2, 0.25) is 0 Å². The van der Waals surface area contributed by atoms with E-state index in [-0.39, 0.29) is 18.6 Å². The summed E-state index contributed by atoms with van der Waals surface area (Å²) in [7, 11) is 1.61. The molecule has 0 aromatic heterocycles. The van der Waals surface area contributed by atoms with E-state index in [2.05, 4.69) is 5.32 Å². The van der Waals surface area contributed by atoms with Crippen molar-refractivity contribution in [3.8, 4) is 17.2 Å². The lowest BCUT2D eigenvalue weighted by atomic mass is 10.1. The molecule has 0 fully saturated rings. The van der Waals surface area contributed by atoms with Crippen molar-refractivity contribution in [2.45, 2.75) is 39.3 Å². The number of fused-ring (bicyclic) bond motifs is 1. The molecule has 1 aliphatic heterocycles. The van der Waals surface area contributed by atoms with E-state index in [0.717, 1.165) is 22.6 Å². The summed E-state index contributed by atoms with van der Waals surface area (Å²) in [5.74, 6) is 1.92. The maximum atomic E-state index is 13.1. The number of carbonyl (C=O) groups is 2. The quantitative estimate of drug-likeness (QED) is 0.685. The second-order valence-electron chi connectivity index (χ2n) is 7.13. The predicted octanol–water partition coefficient (Wildman–Crippen LogP) is 2.91. The molecule has 1 aliphatic rings. The van der Waals surface area contributed by atoms with Crippen molar-refractivity contribution < 1.29 is 23.8 Å². The topological polar surface area (TPSA) is 77.1 Å².